The number of allylic oxidation sites excluding steroid dienone is 1. The minimum absolute atomic E-state index is 0.990. The van der Waals surface area contributed by atoms with Crippen LogP contribution < -0.4 is 10.6 Å². The van der Waals surface area contributed by atoms with Crippen molar-refractivity contribution >= 4 is 0 Å². The molecule has 0 heterocycles. The van der Waals surface area contributed by atoms with Crippen LogP contribution in [-0.4, -0.2) is 26.7 Å². The van der Waals surface area contributed by atoms with E-state index in [-0.39, 0.29) is 0 Å². The summed E-state index contributed by atoms with van der Waals surface area (Å²) >= 11 is 0. The van der Waals surface area contributed by atoms with Crippen molar-refractivity contribution in [1.29, 1.82) is 0 Å². The van der Waals surface area contributed by atoms with Crippen LogP contribution in [0.25, 0.3) is 0 Å². The van der Waals surface area contributed by atoms with Gasteiger partial charge in [0, 0.05) is 19.6 Å². The molecule has 2 N–H and O–H groups in total. The number of hydrogen-bond acceptors (Lipinski definition) is 2. The van der Waals surface area contributed by atoms with Gasteiger partial charge in [-0.15, -0.1) is 0 Å². The van der Waals surface area contributed by atoms with Crippen LogP contribution >= 0.6 is 0 Å². The predicted octanol–water partition coefficient (Wildman–Crippen LogP) is 0.762. The van der Waals surface area contributed by atoms with Crippen LogP contribution in [0.5, 0.6) is 0 Å². The van der Waals surface area contributed by atoms with E-state index < -0.39 is 0 Å². The Morgan fingerprint density at radius 1 is 1.30 bits per heavy atom. The number of hydrogen-bond donors (Lipinski definition) is 2. The van der Waals surface area contributed by atoms with Gasteiger partial charge in [-0.25, -0.2) is 0 Å². The molecule has 0 rings (SSSR count). The number of likely N-dealkylation sites (N-methyl/N-ethyl adjacent to an activating group) is 1. The molecule has 60 valence electrons. The second-order valence-corrected chi connectivity index (χ2v) is 2.59. The van der Waals surface area contributed by atoms with Gasteiger partial charge in [0.05, 0.1) is 0 Å². The Balaban J connectivity index is 2.98. The maximum atomic E-state index is 3.28. The van der Waals surface area contributed by atoms with E-state index >= 15 is 0 Å². The van der Waals surface area contributed by atoms with E-state index in [4.69, 9.17) is 0 Å². The van der Waals surface area contributed by atoms with Gasteiger partial charge in [-0.3, -0.25) is 0 Å². The molecule has 0 bridgehead atoms. The maximum Gasteiger partial charge on any atom is 0.0137 e. The number of nitrogens with one attached hydrogen (secondary N) is 2. The van der Waals surface area contributed by atoms with Crippen LogP contribution in [0.15, 0.2) is 11.6 Å². The van der Waals surface area contributed by atoms with Gasteiger partial charge in [-0.1, -0.05) is 11.6 Å². The first-order chi connectivity index (χ1) is 4.77. The molecular formula is C8H18N2. The van der Waals surface area contributed by atoms with Gasteiger partial charge >= 0.3 is 0 Å². The van der Waals surface area contributed by atoms with E-state index in [1.807, 2.05) is 7.05 Å². The van der Waals surface area contributed by atoms with Crippen molar-refractivity contribution < 1.29 is 0 Å². The lowest BCUT2D eigenvalue weighted by molar-refractivity contribution is 0.689. The van der Waals surface area contributed by atoms with Gasteiger partial charge < -0.3 is 10.6 Å². The van der Waals surface area contributed by atoms with Gasteiger partial charge in [0.15, 0.2) is 0 Å². The lowest BCUT2D eigenvalue weighted by Gasteiger charge is -1.99. The molecule has 0 amide bonds. The zero-order valence-corrected chi connectivity index (χ0v) is 7.20. The Hall–Kier alpha value is -0.340. The van der Waals surface area contributed by atoms with Crippen molar-refractivity contribution in [2.24, 2.45) is 0 Å². The van der Waals surface area contributed by atoms with Gasteiger partial charge in [0.25, 0.3) is 0 Å². The highest BCUT2D eigenvalue weighted by Crippen LogP contribution is 1.84. The van der Waals surface area contributed by atoms with E-state index in [0.29, 0.717) is 0 Å². The Kier molecular flexibility index (Phi) is 6.55. The quantitative estimate of drug-likeness (QED) is 0.437. The third-order valence-corrected chi connectivity index (χ3v) is 1.21. The minimum Gasteiger partial charge on any atom is -0.318 e. The van der Waals surface area contributed by atoms with Gasteiger partial charge in [-0.2, -0.15) is 0 Å². The van der Waals surface area contributed by atoms with Crippen molar-refractivity contribution in [3.63, 3.8) is 0 Å². The fraction of sp³-hybridized carbons (Fsp3) is 0.750. The Morgan fingerprint density at radius 2 is 2.00 bits per heavy atom. The van der Waals surface area contributed by atoms with E-state index in [1.165, 1.54) is 5.57 Å². The lowest BCUT2D eigenvalue weighted by atomic mass is 10.3. The summed E-state index contributed by atoms with van der Waals surface area (Å²) < 4.78 is 0. The van der Waals surface area contributed by atoms with Crippen molar-refractivity contribution in [2.75, 3.05) is 26.7 Å². The molecule has 0 spiro atoms. The van der Waals surface area contributed by atoms with Crippen molar-refractivity contribution in [1.82, 2.24) is 10.6 Å². The van der Waals surface area contributed by atoms with E-state index in [2.05, 4.69) is 30.6 Å². The van der Waals surface area contributed by atoms with Crippen LogP contribution in [-0.2, 0) is 0 Å². The highest BCUT2D eigenvalue weighted by Gasteiger charge is 1.80. The average Bonchev–Trinajstić information content (AvgIpc) is 1.87. The van der Waals surface area contributed by atoms with Crippen LogP contribution in [0, 0.1) is 0 Å². The average molecular weight is 142 g/mol. The Labute approximate surface area is 63.7 Å². The SMILES string of the molecule is CNCCNCC=C(C)C. The van der Waals surface area contributed by atoms with E-state index in [1.54, 1.807) is 0 Å². The monoisotopic (exact) mass is 142 g/mol. The third kappa shape index (κ3) is 7.66. The van der Waals surface area contributed by atoms with Gasteiger partial charge in [0.1, 0.15) is 0 Å². The molecule has 0 saturated carbocycles. The topological polar surface area (TPSA) is 24.1 Å². The molecule has 0 radical (unpaired) electrons. The summed E-state index contributed by atoms with van der Waals surface area (Å²) in [5, 5.41) is 6.35. The zero-order valence-electron chi connectivity index (χ0n) is 7.20. The van der Waals surface area contributed by atoms with Crippen LogP contribution in [0.2, 0.25) is 0 Å². The molecule has 2 heteroatoms. The summed E-state index contributed by atoms with van der Waals surface area (Å²) in [5.74, 6) is 0. The Bertz CT molecular complexity index is 93.4. The van der Waals surface area contributed by atoms with Crippen molar-refractivity contribution in [3.05, 3.63) is 11.6 Å². The summed E-state index contributed by atoms with van der Waals surface area (Å²) in [6.07, 6.45) is 2.19. The van der Waals surface area contributed by atoms with Crippen LogP contribution in [0.4, 0.5) is 0 Å². The summed E-state index contributed by atoms with van der Waals surface area (Å²) in [6.45, 7) is 7.29. The molecule has 0 aromatic carbocycles. The molecule has 0 unspecified atom stereocenters. The van der Waals surface area contributed by atoms with Crippen molar-refractivity contribution in [3.8, 4) is 0 Å². The molecular weight excluding hydrogens is 124 g/mol. The first kappa shape index (κ1) is 9.66. The standard InChI is InChI=1S/C8H18N2/c1-8(2)4-5-10-7-6-9-3/h4,9-10H,5-7H2,1-3H3. The van der Waals surface area contributed by atoms with Crippen molar-refractivity contribution in [2.45, 2.75) is 13.8 Å². The van der Waals surface area contributed by atoms with Gasteiger partial charge in [-0.05, 0) is 20.9 Å². The predicted molar refractivity (Wildman–Crippen MR) is 46.2 cm³/mol. The van der Waals surface area contributed by atoms with E-state index in [0.717, 1.165) is 19.6 Å². The first-order valence-electron chi connectivity index (χ1n) is 3.76. The lowest BCUT2D eigenvalue weighted by Crippen LogP contribution is -2.24. The molecule has 0 saturated heterocycles. The highest BCUT2D eigenvalue weighted by molar-refractivity contribution is 4.94. The minimum atomic E-state index is 0.990. The summed E-state index contributed by atoms with van der Waals surface area (Å²) in [6, 6.07) is 0. The molecule has 0 aromatic rings. The smallest absolute Gasteiger partial charge is 0.0137 e. The Morgan fingerprint density at radius 3 is 2.50 bits per heavy atom. The summed E-state index contributed by atoms with van der Waals surface area (Å²) in [5.41, 5.74) is 1.37. The molecule has 0 aromatic heterocycles. The molecule has 10 heavy (non-hydrogen) atoms. The molecule has 0 atom stereocenters. The van der Waals surface area contributed by atoms with Gasteiger partial charge in [0.2, 0.25) is 0 Å². The van der Waals surface area contributed by atoms with E-state index in [9.17, 15) is 0 Å². The second-order valence-electron chi connectivity index (χ2n) is 2.59. The molecule has 0 aliphatic rings. The first-order valence-corrected chi connectivity index (χ1v) is 3.76. The summed E-state index contributed by atoms with van der Waals surface area (Å²) in [7, 11) is 1.96. The zero-order chi connectivity index (χ0) is 7.82. The molecule has 0 fully saturated rings. The molecule has 2 nitrogen and oxygen atoms in total. The van der Waals surface area contributed by atoms with Crippen LogP contribution in [0.3, 0.4) is 0 Å². The summed E-state index contributed by atoms with van der Waals surface area (Å²) in [4.78, 5) is 0. The largest absolute Gasteiger partial charge is 0.318 e. The second kappa shape index (κ2) is 6.78. The maximum absolute atomic E-state index is 3.28. The molecule has 0 aliphatic carbocycles. The fourth-order valence-electron chi connectivity index (χ4n) is 0.592. The molecule has 0 aliphatic heterocycles. The van der Waals surface area contributed by atoms with Crippen LogP contribution in [0.1, 0.15) is 13.8 Å². The fourth-order valence-corrected chi connectivity index (χ4v) is 0.592. The normalized spacial score (nSPS) is 9.50. The highest BCUT2D eigenvalue weighted by atomic mass is 14.9. The number of rotatable bonds is 5. The third-order valence-electron chi connectivity index (χ3n) is 1.21.